The molecule has 0 bridgehead atoms. The molecule has 0 atom stereocenters. The molecule has 0 heterocycles. The summed E-state index contributed by atoms with van der Waals surface area (Å²) >= 11 is 13.2. The van der Waals surface area contributed by atoms with Crippen LogP contribution < -0.4 is 0 Å². The van der Waals surface area contributed by atoms with Crippen molar-refractivity contribution in [2.45, 2.75) is 83.1 Å². The molecule has 0 saturated carbocycles. The maximum atomic E-state index is 6.22. The van der Waals surface area contributed by atoms with Gasteiger partial charge in [0.05, 0.1) is 26.4 Å². The zero-order valence-corrected chi connectivity index (χ0v) is 24.8. The third-order valence-electron chi connectivity index (χ3n) is 2.82. The van der Waals surface area contributed by atoms with Gasteiger partial charge in [0.15, 0.2) is 0 Å². The van der Waals surface area contributed by atoms with E-state index in [4.69, 9.17) is 41.7 Å². The van der Waals surface area contributed by atoms with Gasteiger partial charge < -0.3 is 18.1 Å². The lowest BCUT2D eigenvalue weighted by atomic mass is 9.99. The second-order valence-electron chi connectivity index (χ2n) is 12.3. The lowest BCUT2D eigenvalue weighted by molar-refractivity contribution is 0.152. The molecule has 29 heavy (non-hydrogen) atoms. The summed E-state index contributed by atoms with van der Waals surface area (Å²) in [4.78, 5) is 0. The average molecular weight is 507 g/mol. The molecule has 0 amide bonds. The van der Waals surface area contributed by atoms with E-state index in [1.807, 2.05) is 0 Å². The Morgan fingerprint density at radius 2 is 0.655 bits per heavy atom. The molecule has 0 fully saturated rings. The molecular weight excluding hydrogens is 462 g/mol. The molecular formula is C20H44O4P2S3. The van der Waals surface area contributed by atoms with E-state index < -0.39 is 11.4 Å². The van der Waals surface area contributed by atoms with Gasteiger partial charge in [-0.3, -0.25) is 0 Å². The molecule has 0 aromatic rings. The first-order valence-electron chi connectivity index (χ1n) is 10.0. The van der Waals surface area contributed by atoms with Crippen molar-refractivity contribution in [3.05, 3.63) is 0 Å². The Bertz CT molecular complexity index is 501. The van der Waals surface area contributed by atoms with Gasteiger partial charge in [-0.15, -0.1) is 0 Å². The van der Waals surface area contributed by atoms with Crippen LogP contribution >= 0.6 is 22.4 Å². The summed E-state index contributed by atoms with van der Waals surface area (Å²) in [6.45, 7) is 27.4. The molecule has 0 aromatic carbocycles. The molecule has 9 heteroatoms. The molecule has 0 N–H and O–H groups in total. The van der Waals surface area contributed by atoms with E-state index >= 15 is 0 Å². The SMILES string of the molecule is CC(C)(C)COP(=S)(OCC(C)(C)C)SP(=S)(OCC(C)(C)C)OCC(C)(C)C. The summed E-state index contributed by atoms with van der Waals surface area (Å²) in [7, 11) is 0. The minimum atomic E-state index is -2.75. The van der Waals surface area contributed by atoms with Crippen LogP contribution in [0, 0.1) is 21.7 Å². The fourth-order valence-corrected chi connectivity index (χ4v) is 16.5. The highest BCUT2D eigenvalue weighted by atomic mass is 33.2. The van der Waals surface area contributed by atoms with E-state index in [1.165, 1.54) is 11.0 Å². The van der Waals surface area contributed by atoms with Crippen molar-refractivity contribution in [3.8, 4) is 0 Å². The fraction of sp³-hybridized carbons (Fsp3) is 1.00. The summed E-state index contributed by atoms with van der Waals surface area (Å²) < 4.78 is 24.9. The molecule has 0 spiro atoms. The fourth-order valence-electron chi connectivity index (χ4n) is 1.38. The van der Waals surface area contributed by atoms with Crippen LogP contribution in [0.4, 0.5) is 0 Å². The predicted molar refractivity (Wildman–Crippen MR) is 138 cm³/mol. The van der Waals surface area contributed by atoms with Gasteiger partial charge in [0.2, 0.25) is 0 Å². The van der Waals surface area contributed by atoms with Gasteiger partial charge in [-0.05, 0) is 45.3 Å². The van der Waals surface area contributed by atoms with Gasteiger partial charge in [0.25, 0.3) is 11.4 Å². The Balaban J connectivity index is 5.67. The van der Waals surface area contributed by atoms with Gasteiger partial charge in [0, 0.05) is 11.0 Å². The van der Waals surface area contributed by atoms with Crippen molar-refractivity contribution in [3.63, 3.8) is 0 Å². The van der Waals surface area contributed by atoms with Crippen LogP contribution in [0.5, 0.6) is 0 Å². The van der Waals surface area contributed by atoms with Crippen molar-refractivity contribution in [1.82, 2.24) is 0 Å². The Labute approximate surface area is 194 Å². The zero-order valence-electron chi connectivity index (χ0n) is 20.6. The number of hydrogen-bond acceptors (Lipinski definition) is 7. The lowest BCUT2D eigenvalue weighted by Crippen LogP contribution is -2.18. The first kappa shape index (κ1) is 30.5. The molecule has 0 saturated heterocycles. The van der Waals surface area contributed by atoms with Crippen molar-refractivity contribution >= 4 is 46.0 Å². The highest BCUT2D eigenvalue weighted by Crippen LogP contribution is 2.80. The van der Waals surface area contributed by atoms with Crippen molar-refractivity contribution < 1.29 is 18.1 Å². The van der Waals surface area contributed by atoms with Crippen LogP contribution in [0.25, 0.3) is 0 Å². The van der Waals surface area contributed by atoms with E-state index in [9.17, 15) is 0 Å². The minimum absolute atomic E-state index is 0.0309. The quantitative estimate of drug-likeness (QED) is 0.275. The molecule has 176 valence electrons. The van der Waals surface area contributed by atoms with Gasteiger partial charge in [-0.25, -0.2) is 0 Å². The maximum Gasteiger partial charge on any atom is 0.256 e. The molecule has 0 aliphatic rings. The van der Waals surface area contributed by atoms with Gasteiger partial charge >= 0.3 is 0 Å². The standard InChI is InChI=1S/C20H44O4P2S3/c1-17(2,3)13-21-25(27,22-14-18(4,5)6)29-26(28,23-15-19(7,8)9)24-16-20(10,11)12/h13-16H2,1-12H3. The van der Waals surface area contributed by atoms with E-state index in [-0.39, 0.29) is 21.7 Å². The predicted octanol–water partition coefficient (Wildman–Crippen LogP) is 8.42. The summed E-state index contributed by atoms with van der Waals surface area (Å²) in [5.74, 6) is 0. The summed E-state index contributed by atoms with van der Waals surface area (Å²) in [5, 5.41) is 0. The summed E-state index contributed by atoms with van der Waals surface area (Å²) in [6.07, 6.45) is 0. The summed E-state index contributed by atoms with van der Waals surface area (Å²) in [5.41, 5.74) is -5.63. The highest BCUT2D eigenvalue weighted by Gasteiger charge is 2.37. The third-order valence-corrected chi connectivity index (χ3v) is 15.9. The van der Waals surface area contributed by atoms with Crippen molar-refractivity contribution in [1.29, 1.82) is 0 Å². The van der Waals surface area contributed by atoms with Crippen molar-refractivity contribution in [2.75, 3.05) is 26.4 Å². The molecule has 0 rings (SSSR count). The van der Waals surface area contributed by atoms with E-state index in [0.29, 0.717) is 26.4 Å². The molecule has 0 aliphatic heterocycles. The largest absolute Gasteiger partial charge is 0.321 e. The van der Waals surface area contributed by atoms with Crippen molar-refractivity contribution in [2.24, 2.45) is 21.7 Å². The lowest BCUT2D eigenvalue weighted by Gasteiger charge is -2.34. The summed E-state index contributed by atoms with van der Waals surface area (Å²) in [6, 6.07) is 0. The van der Waals surface area contributed by atoms with Gasteiger partial charge in [0.1, 0.15) is 0 Å². The van der Waals surface area contributed by atoms with Crippen LogP contribution in [0.3, 0.4) is 0 Å². The Hall–Kier alpha value is 1.49. The molecule has 0 radical (unpaired) electrons. The normalized spacial score (nSPS) is 15.0. The zero-order chi connectivity index (χ0) is 23.4. The Morgan fingerprint density at radius 3 is 0.793 bits per heavy atom. The average Bonchev–Trinajstić information content (AvgIpc) is 2.45. The second-order valence-corrected chi connectivity index (χ2v) is 24.4. The first-order chi connectivity index (χ1) is 12.5. The highest BCUT2D eigenvalue weighted by molar-refractivity contribution is 8.96. The first-order valence-corrected chi connectivity index (χ1v) is 17.3. The number of rotatable bonds is 10. The van der Waals surface area contributed by atoms with Crippen LogP contribution in [-0.2, 0) is 41.7 Å². The van der Waals surface area contributed by atoms with Gasteiger partial charge in [-0.2, -0.15) is 0 Å². The Kier molecular flexibility index (Phi) is 11.6. The van der Waals surface area contributed by atoms with E-state index in [1.54, 1.807) is 0 Å². The van der Waals surface area contributed by atoms with Crippen LogP contribution in [0.2, 0.25) is 0 Å². The van der Waals surface area contributed by atoms with Crippen LogP contribution in [0.1, 0.15) is 83.1 Å². The van der Waals surface area contributed by atoms with E-state index in [2.05, 4.69) is 83.1 Å². The topological polar surface area (TPSA) is 36.9 Å². The molecule has 0 unspecified atom stereocenters. The minimum Gasteiger partial charge on any atom is -0.321 e. The van der Waals surface area contributed by atoms with E-state index in [0.717, 1.165) is 0 Å². The van der Waals surface area contributed by atoms with Crippen LogP contribution in [-0.4, -0.2) is 26.4 Å². The third kappa shape index (κ3) is 17.7. The molecule has 0 aromatic heterocycles. The second kappa shape index (κ2) is 11.1. The molecule has 4 nitrogen and oxygen atoms in total. The Morgan fingerprint density at radius 1 is 0.483 bits per heavy atom. The van der Waals surface area contributed by atoms with Gasteiger partial charge in [-0.1, -0.05) is 83.1 Å². The smallest absolute Gasteiger partial charge is 0.256 e. The van der Waals surface area contributed by atoms with Crippen LogP contribution in [0.15, 0.2) is 0 Å². The molecule has 0 aliphatic carbocycles. The number of hydrogen-bond donors (Lipinski definition) is 0. The maximum absolute atomic E-state index is 6.22. The monoisotopic (exact) mass is 506 g/mol.